The average molecular weight is 212 g/mol. The van der Waals surface area contributed by atoms with Crippen molar-refractivity contribution >= 4 is 5.97 Å². The third-order valence-electron chi connectivity index (χ3n) is 2.11. The van der Waals surface area contributed by atoms with Crippen LogP contribution < -0.4 is 0 Å². The number of hydrogen-bond acceptors (Lipinski definition) is 3. The standard InChI is InChI=1S/C9H14N2O2.C2H6/c1-5-11-8(9(12)13-4)6(2)7(3)10-11;1-2/h5H2,1-4H3;1-2H3. The van der Waals surface area contributed by atoms with Crippen molar-refractivity contribution in [2.75, 3.05) is 7.11 Å². The fourth-order valence-corrected chi connectivity index (χ4v) is 1.25. The Kier molecular flexibility index (Phi) is 5.67. The highest BCUT2D eigenvalue weighted by atomic mass is 16.5. The molecule has 1 rings (SSSR count). The summed E-state index contributed by atoms with van der Waals surface area (Å²) in [6, 6.07) is 0. The van der Waals surface area contributed by atoms with Gasteiger partial charge >= 0.3 is 5.97 Å². The zero-order valence-corrected chi connectivity index (χ0v) is 10.4. The van der Waals surface area contributed by atoms with E-state index in [1.165, 1.54) is 7.11 Å². The van der Waals surface area contributed by atoms with E-state index in [1.807, 2.05) is 34.6 Å². The van der Waals surface area contributed by atoms with Gasteiger partial charge in [-0.25, -0.2) is 4.79 Å². The molecule has 1 aromatic heterocycles. The molecule has 0 aliphatic rings. The van der Waals surface area contributed by atoms with Crippen molar-refractivity contribution in [1.29, 1.82) is 0 Å². The molecule has 15 heavy (non-hydrogen) atoms. The molecule has 0 saturated heterocycles. The van der Waals surface area contributed by atoms with Crippen LogP contribution in [0, 0.1) is 13.8 Å². The van der Waals surface area contributed by atoms with E-state index in [0.717, 1.165) is 11.3 Å². The quantitative estimate of drug-likeness (QED) is 0.707. The minimum absolute atomic E-state index is 0.319. The Balaban J connectivity index is 0.000000921. The highest BCUT2D eigenvalue weighted by Crippen LogP contribution is 2.13. The van der Waals surface area contributed by atoms with Gasteiger partial charge in [0.15, 0.2) is 0 Å². The molecule has 4 heteroatoms. The summed E-state index contributed by atoms with van der Waals surface area (Å²) in [4.78, 5) is 11.3. The van der Waals surface area contributed by atoms with Gasteiger partial charge in [0.05, 0.1) is 12.8 Å². The van der Waals surface area contributed by atoms with Crippen LogP contribution in [0.25, 0.3) is 0 Å². The SMILES string of the molecule is CC.CCn1nc(C)c(C)c1C(=O)OC. The van der Waals surface area contributed by atoms with Gasteiger partial charge in [0, 0.05) is 12.1 Å². The first kappa shape index (κ1) is 13.7. The Morgan fingerprint density at radius 2 is 1.93 bits per heavy atom. The lowest BCUT2D eigenvalue weighted by molar-refractivity contribution is 0.0586. The second-order valence-electron chi connectivity index (χ2n) is 2.87. The number of esters is 1. The summed E-state index contributed by atoms with van der Waals surface area (Å²) in [5.41, 5.74) is 2.33. The van der Waals surface area contributed by atoms with E-state index < -0.39 is 0 Å². The third kappa shape index (κ3) is 2.81. The number of carbonyl (C=O) groups is 1. The van der Waals surface area contributed by atoms with Crippen molar-refractivity contribution in [2.45, 2.75) is 41.2 Å². The lowest BCUT2D eigenvalue weighted by Gasteiger charge is -2.02. The molecule has 0 aliphatic carbocycles. The summed E-state index contributed by atoms with van der Waals surface area (Å²) < 4.78 is 6.34. The number of carbonyl (C=O) groups excluding carboxylic acids is 1. The van der Waals surface area contributed by atoms with Gasteiger partial charge in [-0.15, -0.1) is 0 Å². The monoisotopic (exact) mass is 212 g/mol. The second kappa shape index (κ2) is 6.22. The van der Waals surface area contributed by atoms with E-state index in [9.17, 15) is 4.79 Å². The number of ether oxygens (including phenoxy) is 1. The van der Waals surface area contributed by atoms with E-state index in [4.69, 9.17) is 0 Å². The molecule has 0 N–H and O–H groups in total. The Morgan fingerprint density at radius 1 is 1.40 bits per heavy atom. The molecule has 4 nitrogen and oxygen atoms in total. The summed E-state index contributed by atoms with van der Waals surface area (Å²) >= 11 is 0. The van der Waals surface area contributed by atoms with Gasteiger partial charge in [-0.1, -0.05) is 13.8 Å². The van der Waals surface area contributed by atoms with Crippen LogP contribution in [0.15, 0.2) is 0 Å². The summed E-state index contributed by atoms with van der Waals surface area (Å²) in [6.07, 6.45) is 0. The normalized spacial score (nSPS) is 9.20. The van der Waals surface area contributed by atoms with E-state index in [2.05, 4.69) is 9.84 Å². The number of methoxy groups -OCH3 is 1. The number of aromatic nitrogens is 2. The van der Waals surface area contributed by atoms with E-state index >= 15 is 0 Å². The number of aryl methyl sites for hydroxylation is 2. The van der Waals surface area contributed by atoms with Crippen LogP contribution in [0.5, 0.6) is 0 Å². The smallest absolute Gasteiger partial charge is 0.356 e. The second-order valence-corrected chi connectivity index (χ2v) is 2.87. The maximum atomic E-state index is 11.3. The first-order chi connectivity index (χ1) is 7.11. The number of hydrogen-bond donors (Lipinski definition) is 0. The van der Waals surface area contributed by atoms with Crippen molar-refractivity contribution < 1.29 is 9.53 Å². The van der Waals surface area contributed by atoms with Gasteiger partial charge in [-0.05, 0) is 20.8 Å². The van der Waals surface area contributed by atoms with Crippen molar-refractivity contribution in [3.63, 3.8) is 0 Å². The summed E-state index contributed by atoms with van der Waals surface area (Å²) in [6.45, 7) is 10.4. The maximum absolute atomic E-state index is 11.3. The fourth-order valence-electron chi connectivity index (χ4n) is 1.25. The molecule has 1 aromatic rings. The van der Waals surface area contributed by atoms with Crippen LogP contribution in [0.2, 0.25) is 0 Å². The number of nitrogens with zero attached hydrogens (tertiary/aromatic N) is 2. The molecule has 0 unspecified atom stereocenters. The lowest BCUT2D eigenvalue weighted by Crippen LogP contribution is -2.11. The molecular weight excluding hydrogens is 192 g/mol. The van der Waals surface area contributed by atoms with Gasteiger partial charge in [-0.3, -0.25) is 4.68 Å². The highest BCUT2D eigenvalue weighted by Gasteiger charge is 2.17. The minimum Gasteiger partial charge on any atom is -0.464 e. The van der Waals surface area contributed by atoms with Gasteiger partial charge in [-0.2, -0.15) is 5.10 Å². The molecule has 0 aromatic carbocycles. The van der Waals surface area contributed by atoms with Gasteiger partial charge in [0.25, 0.3) is 0 Å². The first-order valence-corrected chi connectivity index (χ1v) is 5.24. The minimum atomic E-state index is -0.319. The molecule has 0 radical (unpaired) electrons. The predicted molar refractivity (Wildman–Crippen MR) is 60.1 cm³/mol. The van der Waals surface area contributed by atoms with Gasteiger partial charge < -0.3 is 4.74 Å². The summed E-state index contributed by atoms with van der Waals surface area (Å²) in [5, 5.41) is 4.21. The number of rotatable bonds is 2. The van der Waals surface area contributed by atoms with Crippen LogP contribution in [0.3, 0.4) is 0 Å². The lowest BCUT2D eigenvalue weighted by atomic mass is 10.2. The zero-order chi connectivity index (χ0) is 12.0. The first-order valence-electron chi connectivity index (χ1n) is 5.24. The summed E-state index contributed by atoms with van der Waals surface area (Å²) in [7, 11) is 1.38. The molecule has 0 spiro atoms. The van der Waals surface area contributed by atoms with Crippen molar-refractivity contribution in [2.24, 2.45) is 0 Å². The largest absolute Gasteiger partial charge is 0.464 e. The van der Waals surface area contributed by atoms with E-state index in [0.29, 0.717) is 12.2 Å². The fraction of sp³-hybridized carbons (Fsp3) is 0.636. The van der Waals surface area contributed by atoms with Crippen LogP contribution >= 0.6 is 0 Å². The molecule has 0 bridgehead atoms. The topological polar surface area (TPSA) is 44.1 Å². The Bertz CT molecular complexity index is 330. The maximum Gasteiger partial charge on any atom is 0.356 e. The molecule has 0 saturated carbocycles. The highest BCUT2D eigenvalue weighted by molar-refractivity contribution is 5.89. The van der Waals surface area contributed by atoms with E-state index in [1.54, 1.807) is 4.68 Å². The van der Waals surface area contributed by atoms with Crippen molar-refractivity contribution in [3.05, 3.63) is 17.0 Å². The van der Waals surface area contributed by atoms with Crippen LogP contribution in [0.4, 0.5) is 0 Å². The van der Waals surface area contributed by atoms with Crippen LogP contribution in [-0.4, -0.2) is 22.9 Å². The van der Waals surface area contributed by atoms with E-state index in [-0.39, 0.29) is 5.97 Å². The van der Waals surface area contributed by atoms with Gasteiger partial charge in [0.1, 0.15) is 5.69 Å². The van der Waals surface area contributed by atoms with Crippen LogP contribution in [-0.2, 0) is 11.3 Å². The Labute approximate surface area is 91.2 Å². The molecule has 86 valence electrons. The van der Waals surface area contributed by atoms with Gasteiger partial charge in [0.2, 0.25) is 0 Å². The third-order valence-corrected chi connectivity index (χ3v) is 2.11. The predicted octanol–water partition coefficient (Wildman–Crippen LogP) is 2.33. The molecule has 0 fully saturated rings. The summed E-state index contributed by atoms with van der Waals surface area (Å²) in [5.74, 6) is -0.319. The molecular formula is C11H20N2O2. The molecule has 0 aliphatic heterocycles. The average Bonchev–Trinajstić information content (AvgIpc) is 2.57. The van der Waals surface area contributed by atoms with Crippen molar-refractivity contribution in [1.82, 2.24) is 9.78 Å². The van der Waals surface area contributed by atoms with Crippen LogP contribution in [0.1, 0.15) is 42.5 Å². The van der Waals surface area contributed by atoms with Crippen molar-refractivity contribution in [3.8, 4) is 0 Å². The zero-order valence-electron chi connectivity index (χ0n) is 10.4. The molecule has 1 heterocycles. The Morgan fingerprint density at radius 3 is 2.33 bits per heavy atom. The molecule has 0 amide bonds. The Hall–Kier alpha value is -1.32. The molecule has 0 atom stereocenters.